The minimum Gasteiger partial charge on any atom is -0.342 e. The van der Waals surface area contributed by atoms with Crippen molar-refractivity contribution in [3.8, 4) is 0 Å². The molecule has 0 bridgehead atoms. The van der Waals surface area contributed by atoms with Gasteiger partial charge in [0.05, 0.1) is 0 Å². The number of piperidine rings is 1. The Morgan fingerprint density at radius 3 is 2.16 bits per heavy atom. The van der Waals surface area contributed by atoms with Crippen molar-refractivity contribution in [2.75, 3.05) is 13.1 Å². The summed E-state index contributed by atoms with van der Waals surface area (Å²) in [6, 6.07) is -0.517. The average Bonchev–Trinajstić information content (AvgIpc) is 2.51. The average molecular weight is 361 g/mol. The van der Waals surface area contributed by atoms with Crippen LogP contribution in [0, 0.1) is 5.92 Å². The zero-order chi connectivity index (χ0) is 19.2. The summed E-state index contributed by atoms with van der Waals surface area (Å²) in [5.74, 6) is 0.0577. The van der Waals surface area contributed by atoms with Crippen molar-refractivity contribution < 1.29 is 22.8 Å². The number of amides is 3. The molecule has 5 nitrogen and oxygen atoms in total. The molecule has 3 amide bonds. The van der Waals surface area contributed by atoms with Gasteiger partial charge in [-0.3, -0.25) is 4.79 Å². The lowest BCUT2D eigenvalue weighted by molar-refractivity contribution is -0.135. The summed E-state index contributed by atoms with van der Waals surface area (Å²) < 4.78 is 37.2. The summed E-state index contributed by atoms with van der Waals surface area (Å²) in [4.78, 5) is 25.6. The van der Waals surface area contributed by atoms with Gasteiger partial charge in [0, 0.05) is 36.3 Å². The Labute approximate surface area is 146 Å². The molecule has 2 N–H and O–H groups in total. The minimum atomic E-state index is -4.37. The number of rotatable bonds is 4. The van der Waals surface area contributed by atoms with Gasteiger partial charge in [0.25, 0.3) is 0 Å². The first-order valence-electron chi connectivity index (χ1n) is 8.29. The molecular formula is C17H26F3N3O2. The Morgan fingerprint density at radius 1 is 1.12 bits per heavy atom. The summed E-state index contributed by atoms with van der Waals surface area (Å²) in [5.41, 5.74) is -0.426. The number of likely N-dealkylation sites (tertiary alicyclic amines) is 1. The fourth-order valence-corrected chi connectivity index (χ4v) is 2.40. The van der Waals surface area contributed by atoms with Crippen LogP contribution in [-0.2, 0) is 4.79 Å². The lowest BCUT2D eigenvalue weighted by atomic mass is 10.0. The van der Waals surface area contributed by atoms with Gasteiger partial charge >= 0.3 is 12.2 Å². The van der Waals surface area contributed by atoms with Crippen LogP contribution in [0.4, 0.5) is 18.0 Å². The van der Waals surface area contributed by atoms with E-state index >= 15 is 0 Å². The molecule has 0 saturated carbocycles. The maximum absolute atomic E-state index is 12.4. The summed E-state index contributed by atoms with van der Waals surface area (Å²) in [6.45, 7) is 7.36. The van der Waals surface area contributed by atoms with Crippen LogP contribution >= 0.6 is 0 Å². The molecule has 8 heteroatoms. The number of allylic oxidation sites excluding steroid dienone is 4. The molecule has 25 heavy (non-hydrogen) atoms. The Bertz CT molecular complexity index is 546. The molecule has 1 saturated heterocycles. The van der Waals surface area contributed by atoms with E-state index in [2.05, 4.69) is 10.6 Å². The predicted octanol–water partition coefficient (Wildman–Crippen LogP) is 3.35. The van der Waals surface area contributed by atoms with Crippen LogP contribution in [0.5, 0.6) is 0 Å². The number of nitrogens with one attached hydrogen (secondary N) is 2. The van der Waals surface area contributed by atoms with Gasteiger partial charge in [-0.05, 0) is 32.8 Å². The van der Waals surface area contributed by atoms with Crippen molar-refractivity contribution >= 4 is 11.9 Å². The molecule has 0 aromatic carbocycles. The number of nitrogens with zero attached hydrogens (tertiary/aromatic N) is 1. The summed E-state index contributed by atoms with van der Waals surface area (Å²) >= 11 is 0. The topological polar surface area (TPSA) is 61.4 Å². The molecule has 1 aliphatic rings. The van der Waals surface area contributed by atoms with Gasteiger partial charge in [-0.25, -0.2) is 4.79 Å². The number of hydrogen-bond acceptors (Lipinski definition) is 2. The number of urea groups is 1. The van der Waals surface area contributed by atoms with E-state index in [1.54, 1.807) is 4.90 Å². The molecule has 0 aromatic rings. The van der Waals surface area contributed by atoms with Crippen LogP contribution in [0.15, 0.2) is 23.4 Å². The third-order valence-electron chi connectivity index (χ3n) is 3.98. The van der Waals surface area contributed by atoms with Crippen LogP contribution in [0.3, 0.4) is 0 Å². The second-order valence-corrected chi connectivity index (χ2v) is 6.55. The SMILES string of the molecule is C/C(=C\C=C(/C)C(F)(F)F)NC(=O)NC1CCN(C(=O)C(C)C)CC1. The Hall–Kier alpha value is -1.99. The van der Waals surface area contributed by atoms with E-state index in [9.17, 15) is 22.8 Å². The van der Waals surface area contributed by atoms with Crippen LogP contribution in [0.1, 0.15) is 40.5 Å². The molecular weight excluding hydrogens is 335 g/mol. The highest BCUT2D eigenvalue weighted by Gasteiger charge is 2.29. The molecule has 1 rings (SSSR count). The van der Waals surface area contributed by atoms with Crippen molar-refractivity contribution in [3.05, 3.63) is 23.4 Å². The third kappa shape index (κ3) is 7.19. The Balaban J connectivity index is 2.44. The monoisotopic (exact) mass is 361 g/mol. The molecule has 0 radical (unpaired) electrons. The fourth-order valence-electron chi connectivity index (χ4n) is 2.40. The molecule has 1 aliphatic heterocycles. The molecule has 0 unspecified atom stereocenters. The van der Waals surface area contributed by atoms with E-state index in [0.717, 1.165) is 13.0 Å². The molecule has 142 valence electrons. The summed E-state index contributed by atoms with van der Waals surface area (Å²) in [6.07, 6.45) is -0.929. The van der Waals surface area contributed by atoms with Gasteiger partial charge in [0.1, 0.15) is 0 Å². The van der Waals surface area contributed by atoms with Crippen molar-refractivity contribution in [2.45, 2.75) is 52.8 Å². The molecule has 0 aromatic heterocycles. The molecule has 0 atom stereocenters. The number of hydrogen-bond donors (Lipinski definition) is 2. The second kappa shape index (κ2) is 8.92. The number of halogens is 3. The summed E-state index contributed by atoms with van der Waals surface area (Å²) in [5, 5.41) is 5.29. The molecule has 1 fully saturated rings. The van der Waals surface area contributed by atoms with E-state index in [4.69, 9.17) is 0 Å². The van der Waals surface area contributed by atoms with E-state index in [0.29, 0.717) is 31.6 Å². The van der Waals surface area contributed by atoms with Crippen LogP contribution in [0.25, 0.3) is 0 Å². The van der Waals surface area contributed by atoms with Crippen LogP contribution in [0.2, 0.25) is 0 Å². The standard InChI is InChI=1S/C17H26F3N3O2/c1-11(2)15(24)23-9-7-14(8-10-23)22-16(25)21-13(4)6-5-12(3)17(18,19)20/h5-6,11,14H,7-10H2,1-4H3,(H2,21,22,25)/b12-5+,13-6+. The molecule has 0 aliphatic carbocycles. The molecule has 0 spiro atoms. The lowest BCUT2D eigenvalue weighted by Crippen LogP contribution is -2.49. The molecule has 1 heterocycles. The van der Waals surface area contributed by atoms with Crippen molar-refractivity contribution in [1.82, 2.24) is 15.5 Å². The van der Waals surface area contributed by atoms with Crippen molar-refractivity contribution in [3.63, 3.8) is 0 Å². The zero-order valence-electron chi connectivity index (χ0n) is 15.0. The smallest absolute Gasteiger partial charge is 0.342 e. The van der Waals surface area contributed by atoms with Crippen molar-refractivity contribution in [2.24, 2.45) is 5.92 Å². The number of carbonyl (C=O) groups excluding carboxylic acids is 2. The minimum absolute atomic E-state index is 0.0474. The maximum atomic E-state index is 12.4. The van der Waals surface area contributed by atoms with Gasteiger partial charge in [-0.2, -0.15) is 13.2 Å². The van der Waals surface area contributed by atoms with E-state index < -0.39 is 17.8 Å². The first kappa shape index (κ1) is 21.1. The van der Waals surface area contributed by atoms with Crippen LogP contribution in [-0.4, -0.2) is 42.1 Å². The number of alkyl halides is 3. The fraction of sp³-hybridized carbons (Fsp3) is 0.647. The van der Waals surface area contributed by atoms with Crippen LogP contribution < -0.4 is 10.6 Å². The highest BCUT2D eigenvalue weighted by molar-refractivity contribution is 5.78. The second-order valence-electron chi connectivity index (χ2n) is 6.55. The van der Waals surface area contributed by atoms with Gasteiger partial charge in [-0.1, -0.05) is 19.9 Å². The van der Waals surface area contributed by atoms with Gasteiger partial charge < -0.3 is 15.5 Å². The Kier molecular flexibility index (Phi) is 7.51. The van der Waals surface area contributed by atoms with Gasteiger partial charge in [0.15, 0.2) is 0 Å². The maximum Gasteiger partial charge on any atom is 0.412 e. The quantitative estimate of drug-likeness (QED) is 0.755. The largest absolute Gasteiger partial charge is 0.412 e. The first-order valence-corrected chi connectivity index (χ1v) is 8.29. The van der Waals surface area contributed by atoms with E-state index in [1.807, 2.05) is 13.8 Å². The predicted molar refractivity (Wildman–Crippen MR) is 89.7 cm³/mol. The highest BCUT2D eigenvalue weighted by atomic mass is 19.4. The van der Waals surface area contributed by atoms with E-state index in [-0.39, 0.29) is 17.9 Å². The summed E-state index contributed by atoms with van der Waals surface area (Å²) in [7, 11) is 0. The van der Waals surface area contributed by atoms with Gasteiger partial charge in [-0.15, -0.1) is 0 Å². The Morgan fingerprint density at radius 2 is 1.68 bits per heavy atom. The first-order chi connectivity index (χ1) is 11.5. The van der Waals surface area contributed by atoms with Crippen molar-refractivity contribution in [1.29, 1.82) is 0 Å². The lowest BCUT2D eigenvalue weighted by Gasteiger charge is -2.33. The normalized spacial score (nSPS) is 17.7. The highest BCUT2D eigenvalue weighted by Crippen LogP contribution is 2.24. The third-order valence-corrected chi connectivity index (χ3v) is 3.98. The zero-order valence-corrected chi connectivity index (χ0v) is 15.0. The number of carbonyl (C=O) groups is 2. The van der Waals surface area contributed by atoms with E-state index in [1.165, 1.54) is 13.0 Å². The van der Waals surface area contributed by atoms with Gasteiger partial charge in [0.2, 0.25) is 5.91 Å².